The number of nitrogens with zero attached hydrogens (tertiary/aromatic N) is 2. The molecule has 1 N–H and O–H groups in total. The summed E-state index contributed by atoms with van der Waals surface area (Å²) in [6.07, 6.45) is 3.29. The normalized spacial score (nSPS) is 14.5. The second-order valence-electron chi connectivity index (χ2n) is 5.74. The smallest absolute Gasteiger partial charge is 0.0766 e. The monoisotopic (exact) mass is 343 g/mol. The number of hydrogen-bond acceptors (Lipinski definition) is 2. The third-order valence-corrected chi connectivity index (χ3v) is 4.99. The molecule has 1 rings (SSSR count). The molecule has 0 aliphatic rings. The fourth-order valence-electron chi connectivity index (χ4n) is 2.43. The Morgan fingerprint density at radius 2 is 1.90 bits per heavy atom. The molecule has 0 aromatic carbocycles. The van der Waals surface area contributed by atoms with Crippen molar-refractivity contribution in [3.8, 4) is 0 Å². The SMILES string of the molecule is CCCNCC(C)C(C)Cc1c(Br)c(CC)nn1CC. The van der Waals surface area contributed by atoms with Crippen molar-refractivity contribution in [2.45, 2.75) is 60.4 Å². The van der Waals surface area contributed by atoms with E-state index in [1.807, 2.05) is 0 Å². The molecular formula is C16H30BrN3. The van der Waals surface area contributed by atoms with Gasteiger partial charge in [0.25, 0.3) is 0 Å². The first-order valence-electron chi connectivity index (χ1n) is 7.99. The zero-order valence-electron chi connectivity index (χ0n) is 13.7. The molecule has 0 aliphatic heterocycles. The Kier molecular flexibility index (Phi) is 7.82. The molecule has 0 spiro atoms. The van der Waals surface area contributed by atoms with Gasteiger partial charge < -0.3 is 5.32 Å². The van der Waals surface area contributed by atoms with Crippen molar-refractivity contribution >= 4 is 15.9 Å². The highest BCUT2D eigenvalue weighted by Crippen LogP contribution is 2.26. The van der Waals surface area contributed by atoms with E-state index in [1.54, 1.807) is 0 Å². The van der Waals surface area contributed by atoms with Gasteiger partial charge in [0.2, 0.25) is 0 Å². The van der Waals surface area contributed by atoms with E-state index in [-0.39, 0.29) is 0 Å². The van der Waals surface area contributed by atoms with Gasteiger partial charge in [0.05, 0.1) is 15.9 Å². The van der Waals surface area contributed by atoms with Crippen molar-refractivity contribution in [2.24, 2.45) is 11.8 Å². The van der Waals surface area contributed by atoms with Crippen LogP contribution >= 0.6 is 15.9 Å². The van der Waals surface area contributed by atoms with Crippen molar-refractivity contribution in [1.82, 2.24) is 15.1 Å². The number of aryl methyl sites for hydroxylation is 2. The highest BCUT2D eigenvalue weighted by Gasteiger charge is 2.19. The summed E-state index contributed by atoms with van der Waals surface area (Å²) < 4.78 is 3.38. The summed E-state index contributed by atoms with van der Waals surface area (Å²) in [5.74, 6) is 1.33. The van der Waals surface area contributed by atoms with E-state index in [0.29, 0.717) is 11.8 Å². The molecule has 20 heavy (non-hydrogen) atoms. The largest absolute Gasteiger partial charge is 0.316 e. The lowest BCUT2D eigenvalue weighted by molar-refractivity contribution is 0.357. The van der Waals surface area contributed by atoms with Crippen LogP contribution in [0.2, 0.25) is 0 Å². The van der Waals surface area contributed by atoms with E-state index in [4.69, 9.17) is 0 Å². The molecule has 0 radical (unpaired) electrons. The average molecular weight is 344 g/mol. The number of aromatic nitrogens is 2. The fraction of sp³-hybridized carbons (Fsp3) is 0.812. The highest BCUT2D eigenvalue weighted by atomic mass is 79.9. The van der Waals surface area contributed by atoms with Crippen LogP contribution in [0.1, 0.15) is 52.4 Å². The van der Waals surface area contributed by atoms with Crippen LogP contribution in [0.25, 0.3) is 0 Å². The van der Waals surface area contributed by atoms with Crippen molar-refractivity contribution in [3.63, 3.8) is 0 Å². The minimum atomic E-state index is 0.655. The lowest BCUT2D eigenvalue weighted by atomic mass is 9.91. The van der Waals surface area contributed by atoms with Crippen molar-refractivity contribution in [3.05, 3.63) is 15.9 Å². The molecule has 116 valence electrons. The van der Waals surface area contributed by atoms with Crippen LogP contribution in [-0.2, 0) is 19.4 Å². The Morgan fingerprint density at radius 1 is 1.20 bits per heavy atom. The van der Waals surface area contributed by atoms with Gasteiger partial charge in [-0.3, -0.25) is 4.68 Å². The molecule has 0 bridgehead atoms. The van der Waals surface area contributed by atoms with E-state index in [2.05, 4.69) is 65.6 Å². The van der Waals surface area contributed by atoms with Crippen LogP contribution in [0.3, 0.4) is 0 Å². The number of halogens is 1. The Balaban J connectivity index is 2.69. The van der Waals surface area contributed by atoms with Gasteiger partial charge in [-0.15, -0.1) is 0 Å². The van der Waals surface area contributed by atoms with Crippen LogP contribution in [0, 0.1) is 11.8 Å². The molecule has 3 nitrogen and oxygen atoms in total. The van der Waals surface area contributed by atoms with Crippen molar-refractivity contribution in [2.75, 3.05) is 13.1 Å². The molecule has 1 heterocycles. The maximum atomic E-state index is 4.69. The van der Waals surface area contributed by atoms with Crippen molar-refractivity contribution < 1.29 is 0 Å². The predicted octanol–water partition coefficient (Wildman–Crippen LogP) is 4.04. The molecular weight excluding hydrogens is 314 g/mol. The van der Waals surface area contributed by atoms with Crippen LogP contribution in [-0.4, -0.2) is 22.9 Å². The summed E-state index contributed by atoms with van der Waals surface area (Å²) in [4.78, 5) is 0. The second kappa shape index (κ2) is 8.83. The number of nitrogens with one attached hydrogen (secondary N) is 1. The summed E-state index contributed by atoms with van der Waals surface area (Å²) in [6, 6.07) is 0. The lowest BCUT2D eigenvalue weighted by Crippen LogP contribution is -2.27. The first kappa shape index (κ1) is 17.7. The van der Waals surface area contributed by atoms with Gasteiger partial charge in [0.15, 0.2) is 0 Å². The Bertz CT molecular complexity index is 401. The summed E-state index contributed by atoms with van der Waals surface area (Å²) >= 11 is 3.75. The first-order chi connectivity index (χ1) is 9.54. The number of hydrogen-bond donors (Lipinski definition) is 1. The van der Waals surface area contributed by atoms with Gasteiger partial charge in [-0.2, -0.15) is 5.10 Å². The van der Waals surface area contributed by atoms with Gasteiger partial charge in [0.1, 0.15) is 0 Å². The van der Waals surface area contributed by atoms with Crippen molar-refractivity contribution in [1.29, 1.82) is 0 Å². The molecule has 2 unspecified atom stereocenters. The summed E-state index contributed by atoms with van der Waals surface area (Å²) in [7, 11) is 0. The highest BCUT2D eigenvalue weighted by molar-refractivity contribution is 9.10. The summed E-state index contributed by atoms with van der Waals surface area (Å²) in [6.45, 7) is 14.4. The number of rotatable bonds is 9. The van der Waals surface area contributed by atoms with E-state index >= 15 is 0 Å². The maximum Gasteiger partial charge on any atom is 0.0766 e. The zero-order chi connectivity index (χ0) is 15.1. The third kappa shape index (κ3) is 4.59. The molecule has 0 saturated heterocycles. The standard InChI is InChI=1S/C16H30BrN3/c1-6-9-18-11-13(5)12(4)10-15-16(17)14(7-2)19-20(15)8-3/h12-13,18H,6-11H2,1-5H3. The minimum Gasteiger partial charge on any atom is -0.316 e. The van der Waals surface area contributed by atoms with Gasteiger partial charge in [0, 0.05) is 6.54 Å². The van der Waals surface area contributed by atoms with Gasteiger partial charge >= 0.3 is 0 Å². The van der Waals surface area contributed by atoms with Gasteiger partial charge in [-0.25, -0.2) is 0 Å². The fourth-order valence-corrected chi connectivity index (χ4v) is 3.15. The molecule has 4 heteroatoms. The van der Waals surface area contributed by atoms with Crippen LogP contribution in [0.5, 0.6) is 0 Å². The molecule has 0 aliphatic carbocycles. The predicted molar refractivity (Wildman–Crippen MR) is 90.2 cm³/mol. The molecule has 2 atom stereocenters. The lowest BCUT2D eigenvalue weighted by Gasteiger charge is -2.21. The Labute approximate surface area is 132 Å². The summed E-state index contributed by atoms with van der Waals surface area (Å²) in [5, 5.41) is 8.22. The van der Waals surface area contributed by atoms with Crippen LogP contribution in [0.15, 0.2) is 4.47 Å². The first-order valence-corrected chi connectivity index (χ1v) is 8.79. The van der Waals surface area contributed by atoms with Gasteiger partial charge in [-0.1, -0.05) is 27.7 Å². The topological polar surface area (TPSA) is 29.9 Å². The third-order valence-electron chi connectivity index (χ3n) is 4.07. The molecule has 1 aromatic rings. The van der Waals surface area contributed by atoms with E-state index < -0.39 is 0 Å². The molecule has 1 aromatic heterocycles. The van der Waals surface area contributed by atoms with Crippen LogP contribution in [0.4, 0.5) is 0 Å². The van der Waals surface area contributed by atoms with Crippen LogP contribution < -0.4 is 5.32 Å². The minimum absolute atomic E-state index is 0.655. The van der Waals surface area contributed by atoms with Gasteiger partial charge in [-0.05, 0) is 67.0 Å². The molecule has 0 amide bonds. The Morgan fingerprint density at radius 3 is 2.45 bits per heavy atom. The maximum absolute atomic E-state index is 4.69. The van der Waals surface area contributed by atoms with E-state index in [1.165, 1.54) is 22.3 Å². The summed E-state index contributed by atoms with van der Waals surface area (Å²) in [5.41, 5.74) is 2.55. The molecule has 0 fully saturated rings. The average Bonchev–Trinajstić information content (AvgIpc) is 2.75. The second-order valence-corrected chi connectivity index (χ2v) is 6.53. The van der Waals surface area contributed by atoms with E-state index in [9.17, 15) is 0 Å². The Hall–Kier alpha value is -0.350. The molecule has 0 saturated carbocycles. The zero-order valence-corrected chi connectivity index (χ0v) is 15.3. The quantitative estimate of drug-likeness (QED) is 0.685. The van der Waals surface area contributed by atoms with E-state index in [0.717, 1.165) is 32.5 Å².